The summed E-state index contributed by atoms with van der Waals surface area (Å²) in [4.78, 5) is 61.8. The fraction of sp³-hybridized carbons (Fsp3) is 0.714. The number of Topliss-reactive ketones (excluding diaryl/α,β-unsaturated/α-hetero) is 3. The van der Waals surface area contributed by atoms with Crippen molar-refractivity contribution in [2.75, 3.05) is 0 Å². The summed E-state index contributed by atoms with van der Waals surface area (Å²) in [5.41, 5.74) is 0. The Morgan fingerprint density at radius 2 is 0.688 bits per heavy atom. The van der Waals surface area contributed by atoms with Crippen molar-refractivity contribution in [1.29, 1.82) is 0 Å². The predicted molar refractivity (Wildman–Crippen MR) is 114 cm³/mol. The molecule has 0 bridgehead atoms. The molecule has 4 N–H and O–H groups in total. The van der Waals surface area contributed by atoms with Crippen molar-refractivity contribution in [2.45, 2.75) is 80.8 Å². The normalized spacial score (nSPS) is 11.8. The van der Waals surface area contributed by atoms with Crippen molar-refractivity contribution in [3.8, 4) is 0 Å². The van der Waals surface area contributed by atoms with E-state index in [-0.39, 0.29) is 45.2 Å². The standard InChI is InChI=1S/3C6H10O3.C3H8O.Ti/c3*1-3-5(4(2)7)6(8)9;1-3(2)4;/h3*5H,3H2,1-2H3,(H,8,9);3-4H,1-2H3;. The molecule has 186 valence electrons. The number of carbonyl (C=O) groups excluding carboxylic acids is 3. The smallest absolute Gasteiger partial charge is 0.314 e. The van der Waals surface area contributed by atoms with Crippen LogP contribution in [0.15, 0.2) is 0 Å². The second-order valence-electron chi connectivity index (χ2n) is 6.82. The Morgan fingerprint density at radius 1 is 0.562 bits per heavy atom. The van der Waals surface area contributed by atoms with Gasteiger partial charge in [-0.3, -0.25) is 28.8 Å². The van der Waals surface area contributed by atoms with Crippen LogP contribution in [0.5, 0.6) is 0 Å². The van der Waals surface area contributed by atoms with Gasteiger partial charge in [0.05, 0.1) is 0 Å². The van der Waals surface area contributed by atoms with Gasteiger partial charge in [0.2, 0.25) is 0 Å². The Balaban J connectivity index is -0.000000104. The zero-order valence-corrected chi connectivity index (χ0v) is 21.7. The SMILES string of the molecule is CC(C)O.CCC(C(C)=O)C(=O)O.CCC(C(C)=O)C(=O)O.CCC(C(C)=O)C(=O)O.[Ti]. The van der Waals surface area contributed by atoms with Gasteiger partial charge in [-0.05, 0) is 53.9 Å². The van der Waals surface area contributed by atoms with E-state index in [2.05, 4.69) is 0 Å². The Morgan fingerprint density at radius 3 is 0.688 bits per heavy atom. The summed E-state index contributed by atoms with van der Waals surface area (Å²) in [7, 11) is 0. The molecule has 0 aliphatic carbocycles. The maximum atomic E-state index is 10.4. The number of hydrogen-bond donors (Lipinski definition) is 4. The number of hydrogen-bond acceptors (Lipinski definition) is 7. The van der Waals surface area contributed by atoms with Crippen LogP contribution < -0.4 is 0 Å². The molecule has 0 radical (unpaired) electrons. The molecule has 0 fully saturated rings. The minimum atomic E-state index is -1.02. The quantitative estimate of drug-likeness (QED) is 0.272. The average molecular weight is 498 g/mol. The number of carbonyl (C=O) groups is 6. The summed E-state index contributed by atoms with van der Waals surface area (Å²) in [5.74, 6) is -6.29. The summed E-state index contributed by atoms with van der Waals surface area (Å²) in [6.45, 7) is 12.4. The van der Waals surface area contributed by atoms with Gasteiger partial charge in [-0.25, -0.2) is 0 Å². The van der Waals surface area contributed by atoms with Crippen LogP contribution in [0.1, 0.15) is 74.7 Å². The second kappa shape index (κ2) is 23.8. The van der Waals surface area contributed by atoms with Crippen LogP contribution in [0.4, 0.5) is 0 Å². The maximum Gasteiger partial charge on any atom is 0.314 e. The number of carboxylic acids is 3. The molecule has 0 heterocycles. The van der Waals surface area contributed by atoms with E-state index in [0.29, 0.717) is 19.3 Å². The molecule has 0 aliphatic heterocycles. The van der Waals surface area contributed by atoms with E-state index in [9.17, 15) is 28.8 Å². The second-order valence-corrected chi connectivity index (χ2v) is 6.82. The van der Waals surface area contributed by atoms with Crippen molar-refractivity contribution in [3.05, 3.63) is 0 Å². The molecular weight excluding hydrogens is 460 g/mol. The molecule has 0 spiro atoms. The molecule has 11 heteroatoms. The van der Waals surface area contributed by atoms with Crippen LogP contribution in [0.2, 0.25) is 0 Å². The minimum Gasteiger partial charge on any atom is -0.481 e. The molecule has 0 aliphatic rings. The van der Waals surface area contributed by atoms with Crippen molar-refractivity contribution >= 4 is 35.3 Å². The first-order valence-electron chi connectivity index (χ1n) is 9.89. The van der Waals surface area contributed by atoms with Crippen LogP contribution in [0.25, 0.3) is 0 Å². The zero-order chi connectivity index (χ0) is 25.9. The summed E-state index contributed by atoms with van der Waals surface area (Å²) >= 11 is 0. The molecule has 10 nitrogen and oxygen atoms in total. The van der Waals surface area contributed by atoms with Crippen molar-refractivity contribution < 1.29 is 70.9 Å². The topological polar surface area (TPSA) is 183 Å². The number of aliphatic carboxylic acids is 3. The minimum absolute atomic E-state index is 0. The summed E-state index contributed by atoms with van der Waals surface area (Å²) in [6, 6.07) is 0. The van der Waals surface area contributed by atoms with Crippen molar-refractivity contribution in [2.24, 2.45) is 17.8 Å². The van der Waals surface area contributed by atoms with Crippen LogP contribution in [0, 0.1) is 17.8 Å². The van der Waals surface area contributed by atoms with E-state index in [1.807, 2.05) is 0 Å². The molecule has 0 aromatic heterocycles. The van der Waals surface area contributed by atoms with Gasteiger partial charge in [-0.2, -0.15) is 0 Å². The van der Waals surface area contributed by atoms with Crippen LogP contribution in [-0.2, 0) is 50.5 Å². The Labute approximate surface area is 204 Å². The van der Waals surface area contributed by atoms with Gasteiger partial charge < -0.3 is 20.4 Å². The van der Waals surface area contributed by atoms with Crippen molar-refractivity contribution in [3.63, 3.8) is 0 Å². The van der Waals surface area contributed by atoms with Gasteiger partial charge >= 0.3 is 17.9 Å². The first-order chi connectivity index (χ1) is 14.0. The molecule has 32 heavy (non-hydrogen) atoms. The molecule has 0 aromatic carbocycles. The number of aliphatic hydroxyl groups excluding tert-OH is 1. The molecule has 0 saturated heterocycles. The monoisotopic (exact) mass is 498 g/mol. The molecule has 0 rings (SSSR count). The first-order valence-corrected chi connectivity index (χ1v) is 9.89. The van der Waals surface area contributed by atoms with E-state index < -0.39 is 35.7 Å². The van der Waals surface area contributed by atoms with Gasteiger partial charge in [0.1, 0.15) is 35.1 Å². The summed E-state index contributed by atoms with van der Waals surface area (Å²) in [6.07, 6.45) is 0.972. The van der Waals surface area contributed by atoms with Crippen LogP contribution in [0.3, 0.4) is 0 Å². The van der Waals surface area contributed by atoms with Gasteiger partial charge in [-0.15, -0.1) is 0 Å². The molecule has 3 unspecified atom stereocenters. The van der Waals surface area contributed by atoms with Gasteiger partial charge in [0, 0.05) is 27.8 Å². The molecule has 3 atom stereocenters. The Bertz CT molecular complexity index is 466. The van der Waals surface area contributed by atoms with E-state index in [1.54, 1.807) is 34.6 Å². The average Bonchev–Trinajstić information content (AvgIpc) is 2.54. The van der Waals surface area contributed by atoms with Crippen LogP contribution in [-0.4, -0.2) is 61.8 Å². The van der Waals surface area contributed by atoms with E-state index in [1.165, 1.54) is 20.8 Å². The summed E-state index contributed by atoms with van der Waals surface area (Å²) in [5, 5.41) is 33.0. The third kappa shape index (κ3) is 26.1. The Hall–Kier alpha value is -1.91. The maximum absolute atomic E-state index is 10.4. The Kier molecular flexibility index (Phi) is 30.0. The number of ketones is 3. The largest absolute Gasteiger partial charge is 0.481 e. The fourth-order valence-corrected chi connectivity index (χ4v) is 1.91. The van der Waals surface area contributed by atoms with Crippen LogP contribution >= 0.6 is 0 Å². The number of rotatable bonds is 9. The number of aliphatic hydroxyl groups is 1. The molecule has 0 saturated carbocycles. The summed E-state index contributed by atoms with van der Waals surface area (Å²) < 4.78 is 0. The van der Waals surface area contributed by atoms with E-state index in [0.717, 1.165) is 0 Å². The molecular formula is C21H38O10Ti. The molecule has 0 aromatic rings. The third-order valence-electron chi connectivity index (χ3n) is 3.59. The zero-order valence-electron chi connectivity index (χ0n) is 20.2. The van der Waals surface area contributed by atoms with Crippen molar-refractivity contribution in [1.82, 2.24) is 0 Å². The fourth-order valence-electron chi connectivity index (χ4n) is 1.91. The molecule has 0 amide bonds. The van der Waals surface area contributed by atoms with Gasteiger partial charge in [-0.1, -0.05) is 20.8 Å². The first kappa shape index (κ1) is 40.5. The van der Waals surface area contributed by atoms with Gasteiger partial charge in [0.15, 0.2) is 0 Å². The van der Waals surface area contributed by atoms with Gasteiger partial charge in [0.25, 0.3) is 0 Å². The van der Waals surface area contributed by atoms with E-state index >= 15 is 0 Å². The predicted octanol–water partition coefficient (Wildman–Crippen LogP) is 2.44. The number of carboxylic acid groups (broad SMARTS) is 3. The third-order valence-corrected chi connectivity index (χ3v) is 3.59. The van der Waals surface area contributed by atoms with E-state index in [4.69, 9.17) is 20.4 Å².